The van der Waals surface area contributed by atoms with Crippen LogP contribution in [0.3, 0.4) is 0 Å². The van der Waals surface area contributed by atoms with Crippen LogP contribution in [0, 0.1) is 5.92 Å². The number of aliphatic hydroxyl groups is 1. The largest absolute Gasteiger partial charge is 0.467 e. The second-order valence-corrected chi connectivity index (χ2v) is 2.06. The normalized spacial score (nSPS) is 15.5. The fraction of sp³-hybridized carbons (Fsp3) is 0.571. The molecule has 0 saturated heterocycles. The van der Waals surface area contributed by atoms with Gasteiger partial charge >= 0.3 is 5.97 Å². The zero-order valence-electron chi connectivity index (χ0n) is 6.20. The van der Waals surface area contributed by atoms with E-state index in [1.807, 2.05) is 0 Å². The molecular weight excluding hydrogens is 132 g/mol. The number of rotatable bonds is 3. The van der Waals surface area contributed by atoms with Crippen LogP contribution >= 0.6 is 0 Å². The van der Waals surface area contributed by atoms with E-state index >= 15 is 0 Å². The summed E-state index contributed by atoms with van der Waals surface area (Å²) in [4.78, 5) is 10.6. The summed E-state index contributed by atoms with van der Waals surface area (Å²) in [5, 5.41) is 9.04. The lowest BCUT2D eigenvalue weighted by Gasteiger charge is -2.11. The van der Waals surface area contributed by atoms with Crippen molar-refractivity contribution in [3.8, 4) is 0 Å². The summed E-state index contributed by atoms with van der Waals surface area (Å²) in [7, 11) is 1.24. The third-order valence-electron chi connectivity index (χ3n) is 1.31. The molecule has 0 rings (SSSR count). The highest BCUT2D eigenvalue weighted by molar-refractivity contribution is 5.74. The van der Waals surface area contributed by atoms with Gasteiger partial charge in [-0.1, -0.05) is 13.0 Å². The molecule has 10 heavy (non-hydrogen) atoms. The molecule has 3 nitrogen and oxygen atoms in total. The highest BCUT2D eigenvalue weighted by Crippen LogP contribution is 2.04. The maximum Gasteiger partial charge on any atom is 0.335 e. The Morgan fingerprint density at radius 1 is 1.80 bits per heavy atom. The Morgan fingerprint density at radius 3 is 2.60 bits per heavy atom. The molecule has 1 N–H and O–H groups in total. The molecule has 0 aromatic heterocycles. The molecule has 0 heterocycles. The van der Waals surface area contributed by atoms with E-state index < -0.39 is 12.1 Å². The van der Waals surface area contributed by atoms with Crippen molar-refractivity contribution in [3.63, 3.8) is 0 Å². The lowest BCUT2D eigenvalue weighted by Crippen LogP contribution is -2.27. The zero-order chi connectivity index (χ0) is 8.15. The van der Waals surface area contributed by atoms with Crippen molar-refractivity contribution in [3.05, 3.63) is 12.7 Å². The molecule has 1 unspecified atom stereocenters. The molecule has 0 radical (unpaired) electrons. The fourth-order valence-corrected chi connectivity index (χ4v) is 0.464. The van der Waals surface area contributed by atoms with E-state index in [4.69, 9.17) is 5.11 Å². The van der Waals surface area contributed by atoms with Gasteiger partial charge in [0.2, 0.25) is 0 Å². The van der Waals surface area contributed by atoms with Crippen molar-refractivity contribution in [1.29, 1.82) is 0 Å². The average molecular weight is 144 g/mol. The molecule has 3 heteroatoms. The molecule has 0 bridgehead atoms. The highest BCUT2D eigenvalue weighted by atomic mass is 16.5. The van der Waals surface area contributed by atoms with Gasteiger partial charge in [0.05, 0.1) is 7.11 Å². The third kappa shape index (κ3) is 2.19. The molecule has 0 aliphatic heterocycles. The SMILES string of the molecule is C=C[C@@H](C)C(O)C(=O)OC. The van der Waals surface area contributed by atoms with Gasteiger partial charge in [-0.2, -0.15) is 0 Å². The zero-order valence-corrected chi connectivity index (χ0v) is 6.20. The van der Waals surface area contributed by atoms with Crippen molar-refractivity contribution in [2.24, 2.45) is 5.92 Å². The smallest absolute Gasteiger partial charge is 0.335 e. The second kappa shape index (κ2) is 4.06. The van der Waals surface area contributed by atoms with Crippen molar-refractivity contribution >= 4 is 5.97 Å². The molecule has 0 fully saturated rings. The average Bonchev–Trinajstić information content (AvgIpc) is 2.00. The van der Waals surface area contributed by atoms with Crippen LogP contribution in [-0.2, 0) is 9.53 Å². The Labute approximate surface area is 60.3 Å². The molecule has 0 aliphatic rings. The minimum absolute atomic E-state index is 0.257. The van der Waals surface area contributed by atoms with Crippen LogP contribution in [0.5, 0.6) is 0 Å². The van der Waals surface area contributed by atoms with Crippen molar-refractivity contribution in [2.75, 3.05) is 7.11 Å². The van der Waals surface area contributed by atoms with E-state index in [0.29, 0.717) is 0 Å². The first kappa shape index (κ1) is 9.17. The number of aliphatic hydroxyl groups excluding tert-OH is 1. The van der Waals surface area contributed by atoms with Gasteiger partial charge in [0, 0.05) is 5.92 Å². The van der Waals surface area contributed by atoms with Gasteiger partial charge in [-0.25, -0.2) is 4.79 Å². The van der Waals surface area contributed by atoms with E-state index in [9.17, 15) is 4.79 Å². The third-order valence-corrected chi connectivity index (χ3v) is 1.31. The van der Waals surface area contributed by atoms with Gasteiger partial charge in [0.25, 0.3) is 0 Å². The predicted molar refractivity (Wildman–Crippen MR) is 37.4 cm³/mol. The summed E-state index contributed by atoms with van der Waals surface area (Å²) in [5.74, 6) is -0.875. The molecule has 58 valence electrons. The molecule has 0 spiro atoms. The van der Waals surface area contributed by atoms with E-state index in [0.717, 1.165) is 0 Å². The maximum atomic E-state index is 10.6. The predicted octanol–water partition coefficient (Wildman–Crippen LogP) is 0.342. The van der Waals surface area contributed by atoms with Gasteiger partial charge in [0.1, 0.15) is 0 Å². The quantitative estimate of drug-likeness (QED) is 0.459. The number of carbonyl (C=O) groups is 1. The van der Waals surface area contributed by atoms with Crippen LogP contribution in [0.15, 0.2) is 12.7 Å². The Hall–Kier alpha value is -0.830. The standard InChI is InChI=1S/C7H12O3/c1-4-5(2)6(8)7(9)10-3/h4-6,8H,1H2,2-3H3/t5-,6?/m1/s1. The topological polar surface area (TPSA) is 46.5 Å². The number of esters is 1. The van der Waals surface area contributed by atoms with E-state index in [1.165, 1.54) is 13.2 Å². The first-order valence-corrected chi connectivity index (χ1v) is 3.02. The Kier molecular flexibility index (Phi) is 3.72. The van der Waals surface area contributed by atoms with Gasteiger partial charge in [-0.15, -0.1) is 6.58 Å². The Balaban J connectivity index is 3.93. The number of carbonyl (C=O) groups excluding carboxylic acids is 1. The van der Waals surface area contributed by atoms with Crippen LogP contribution in [-0.4, -0.2) is 24.3 Å². The van der Waals surface area contributed by atoms with Crippen LogP contribution in [0.2, 0.25) is 0 Å². The maximum absolute atomic E-state index is 10.6. The number of ether oxygens (including phenoxy) is 1. The lowest BCUT2D eigenvalue weighted by atomic mass is 10.1. The summed E-state index contributed by atoms with van der Waals surface area (Å²) >= 11 is 0. The monoisotopic (exact) mass is 144 g/mol. The van der Waals surface area contributed by atoms with Crippen LogP contribution < -0.4 is 0 Å². The van der Waals surface area contributed by atoms with Crippen LogP contribution in [0.1, 0.15) is 6.92 Å². The number of hydrogen-bond donors (Lipinski definition) is 1. The first-order chi connectivity index (χ1) is 4.63. The minimum Gasteiger partial charge on any atom is -0.467 e. The van der Waals surface area contributed by atoms with Gasteiger partial charge in [0.15, 0.2) is 6.10 Å². The molecule has 0 amide bonds. The van der Waals surface area contributed by atoms with Crippen LogP contribution in [0.25, 0.3) is 0 Å². The number of methoxy groups -OCH3 is 1. The highest BCUT2D eigenvalue weighted by Gasteiger charge is 2.19. The Bertz CT molecular complexity index is 131. The lowest BCUT2D eigenvalue weighted by molar-refractivity contribution is -0.152. The molecule has 0 aromatic rings. The van der Waals surface area contributed by atoms with Crippen molar-refractivity contribution in [1.82, 2.24) is 0 Å². The molecule has 0 saturated carbocycles. The van der Waals surface area contributed by atoms with E-state index in [-0.39, 0.29) is 5.92 Å². The molecule has 0 aliphatic carbocycles. The summed E-state index contributed by atoms with van der Waals surface area (Å²) in [6.07, 6.45) is 0.421. The van der Waals surface area contributed by atoms with Crippen LogP contribution in [0.4, 0.5) is 0 Å². The van der Waals surface area contributed by atoms with Gasteiger partial charge in [-0.3, -0.25) is 0 Å². The molecular formula is C7H12O3. The molecule has 0 aromatic carbocycles. The summed E-state index contributed by atoms with van der Waals surface area (Å²) in [6, 6.07) is 0. The van der Waals surface area contributed by atoms with Gasteiger partial charge in [-0.05, 0) is 0 Å². The Morgan fingerprint density at radius 2 is 2.30 bits per heavy atom. The van der Waals surface area contributed by atoms with E-state index in [1.54, 1.807) is 6.92 Å². The molecule has 2 atom stereocenters. The first-order valence-electron chi connectivity index (χ1n) is 3.02. The fourth-order valence-electron chi connectivity index (χ4n) is 0.464. The number of hydrogen-bond acceptors (Lipinski definition) is 3. The minimum atomic E-state index is -1.08. The summed E-state index contributed by atoms with van der Waals surface area (Å²) in [5.41, 5.74) is 0. The van der Waals surface area contributed by atoms with Crippen molar-refractivity contribution in [2.45, 2.75) is 13.0 Å². The summed E-state index contributed by atoms with van der Waals surface area (Å²) in [6.45, 7) is 5.12. The second-order valence-electron chi connectivity index (χ2n) is 2.06. The van der Waals surface area contributed by atoms with Crippen molar-refractivity contribution < 1.29 is 14.6 Å². The summed E-state index contributed by atoms with van der Waals surface area (Å²) < 4.78 is 4.30. The van der Waals surface area contributed by atoms with Gasteiger partial charge < -0.3 is 9.84 Å². The van der Waals surface area contributed by atoms with E-state index in [2.05, 4.69) is 11.3 Å².